The standard InChI is InChI=1S/C58H37N3S/c1-4-17-38(18-5-1)44-23-10-11-25-47(44)57-60-55(40-33-31-39(32-34-40)45-27-16-30-53-54(45)48-26-13-15-29-52(48)62-53)59-56(61-57)41-35-36-51-49(37-41)46-24-12-14-28-50(46)58(51,42-19-6-2-7-20-42)43-21-8-3-9-22-43/h1-37H. The summed E-state index contributed by atoms with van der Waals surface area (Å²) in [7, 11) is 0. The molecule has 11 aromatic rings. The Morgan fingerprint density at radius 3 is 1.55 bits per heavy atom. The van der Waals surface area contributed by atoms with Crippen LogP contribution in [0.2, 0.25) is 0 Å². The first-order valence-electron chi connectivity index (χ1n) is 21.0. The van der Waals surface area contributed by atoms with Gasteiger partial charge < -0.3 is 0 Å². The predicted octanol–water partition coefficient (Wildman–Crippen LogP) is 14.9. The van der Waals surface area contributed by atoms with Crippen LogP contribution in [-0.2, 0) is 5.41 Å². The third-order valence-corrected chi connectivity index (χ3v) is 13.6. The molecule has 0 spiro atoms. The summed E-state index contributed by atoms with van der Waals surface area (Å²) >= 11 is 1.84. The lowest BCUT2D eigenvalue weighted by Crippen LogP contribution is -2.28. The first kappa shape index (κ1) is 36.1. The molecule has 1 aliphatic rings. The SMILES string of the molecule is c1ccc(-c2ccccc2-c2nc(-c3ccc(-c4cccc5sc6ccccc6c45)cc3)nc(-c3ccc4c(c3)-c3ccccc3C4(c3ccccc3)c3ccccc3)n2)cc1. The molecule has 62 heavy (non-hydrogen) atoms. The molecule has 0 N–H and O–H groups in total. The predicted molar refractivity (Wildman–Crippen MR) is 257 cm³/mol. The van der Waals surface area contributed by atoms with Gasteiger partial charge in [-0.05, 0) is 73.8 Å². The van der Waals surface area contributed by atoms with E-state index in [1.165, 1.54) is 59.1 Å². The van der Waals surface area contributed by atoms with Gasteiger partial charge in [-0.1, -0.05) is 206 Å². The van der Waals surface area contributed by atoms with Gasteiger partial charge in [0, 0.05) is 36.9 Å². The third kappa shape index (κ3) is 5.76. The molecule has 12 rings (SSSR count). The van der Waals surface area contributed by atoms with Gasteiger partial charge in [-0.2, -0.15) is 0 Å². The molecule has 0 aliphatic heterocycles. The summed E-state index contributed by atoms with van der Waals surface area (Å²) in [5, 5.41) is 2.59. The van der Waals surface area contributed by atoms with Crippen molar-refractivity contribution < 1.29 is 0 Å². The maximum atomic E-state index is 5.32. The van der Waals surface area contributed by atoms with Gasteiger partial charge >= 0.3 is 0 Å². The molecule has 2 aromatic heterocycles. The van der Waals surface area contributed by atoms with E-state index in [9.17, 15) is 0 Å². The van der Waals surface area contributed by atoms with Crippen LogP contribution in [0.4, 0.5) is 0 Å². The Hall–Kier alpha value is -7.79. The van der Waals surface area contributed by atoms with Crippen molar-refractivity contribution in [1.82, 2.24) is 15.0 Å². The molecule has 0 atom stereocenters. The molecule has 0 radical (unpaired) electrons. The summed E-state index contributed by atoms with van der Waals surface area (Å²) in [4.78, 5) is 15.9. The van der Waals surface area contributed by atoms with Crippen LogP contribution in [0.5, 0.6) is 0 Å². The largest absolute Gasteiger partial charge is 0.208 e. The Bertz CT molecular complexity index is 3410. The van der Waals surface area contributed by atoms with Crippen molar-refractivity contribution in [1.29, 1.82) is 0 Å². The van der Waals surface area contributed by atoms with E-state index in [1.807, 2.05) is 17.4 Å². The molecule has 9 aromatic carbocycles. The topological polar surface area (TPSA) is 38.7 Å². The van der Waals surface area contributed by atoms with E-state index < -0.39 is 5.41 Å². The molecule has 1 aliphatic carbocycles. The fourth-order valence-corrected chi connectivity index (χ4v) is 10.8. The maximum Gasteiger partial charge on any atom is 0.164 e. The van der Waals surface area contributed by atoms with Crippen molar-refractivity contribution in [3.8, 4) is 67.5 Å². The van der Waals surface area contributed by atoms with Crippen LogP contribution in [0.3, 0.4) is 0 Å². The smallest absolute Gasteiger partial charge is 0.164 e. The highest BCUT2D eigenvalue weighted by Gasteiger charge is 2.46. The molecule has 0 saturated carbocycles. The van der Waals surface area contributed by atoms with Crippen LogP contribution in [0, 0.1) is 0 Å². The normalized spacial score (nSPS) is 12.6. The Morgan fingerprint density at radius 2 is 0.806 bits per heavy atom. The Kier molecular flexibility index (Phi) is 8.58. The molecule has 0 saturated heterocycles. The van der Waals surface area contributed by atoms with Gasteiger partial charge in [-0.15, -0.1) is 11.3 Å². The number of nitrogens with zero attached hydrogens (tertiary/aromatic N) is 3. The van der Waals surface area contributed by atoms with E-state index in [2.05, 4.69) is 218 Å². The second-order valence-corrected chi connectivity index (χ2v) is 16.9. The van der Waals surface area contributed by atoms with Crippen molar-refractivity contribution in [2.24, 2.45) is 0 Å². The Balaban J connectivity index is 1.04. The van der Waals surface area contributed by atoms with Crippen LogP contribution in [0.25, 0.3) is 87.7 Å². The van der Waals surface area contributed by atoms with Crippen LogP contribution in [0.15, 0.2) is 224 Å². The average molecular weight is 808 g/mol. The average Bonchev–Trinajstić information content (AvgIpc) is 3.89. The number of fused-ring (bicyclic) bond motifs is 6. The number of benzene rings is 9. The van der Waals surface area contributed by atoms with E-state index in [1.54, 1.807) is 0 Å². The molecule has 0 fully saturated rings. The summed E-state index contributed by atoms with van der Waals surface area (Å²) in [6, 6.07) is 80.4. The number of hydrogen-bond donors (Lipinski definition) is 0. The van der Waals surface area contributed by atoms with Crippen molar-refractivity contribution in [2.75, 3.05) is 0 Å². The van der Waals surface area contributed by atoms with Crippen LogP contribution >= 0.6 is 11.3 Å². The molecule has 0 amide bonds. The second kappa shape index (κ2) is 14.7. The van der Waals surface area contributed by atoms with Crippen LogP contribution in [-0.4, -0.2) is 15.0 Å². The van der Waals surface area contributed by atoms with Gasteiger partial charge in [0.2, 0.25) is 0 Å². The molecule has 0 unspecified atom stereocenters. The van der Waals surface area contributed by atoms with E-state index in [4.69, 9.17) is 15.0 Å². The Morgan fingerprint density at radius 1 is 0.306 bits per heavy atom. The molecular formula is C58H37N3S. The zero-order valence-electron chi connectivity index (χ0n) is 33.6. The van der Waals surface area contributed by atoms with E-state index in [0.29, 0.717) is 17.5 Å². The van der Waals surface area contributed by atoms with Crippen molar-refractivity contribution >= 4 is 31.5 Å². The van der Waals surface area contributed by atoms with Gasteiger partial charge in [-0.3, -0.25) is 0 Å². The third-order valence-electron chi connectivity index (χ3n) is 12.5. The lowest BCUT2D eigenvalue weighted by Gasteiger charge is -2.33. The maximum absolute atomic E-state index is 5.32. The van der Waals surface area contributed by atoms with E-state index >= 15 is 0 Å². The van der Waals surface area contributed by atoms with Gasteiger partial charge in [0.15, 0.2) is 17.5 Å². The minimum Gasteiger partial charge on any atom is -0.208 e. The Labute approximate surface area is 364 Å². The molecule has 3 nitrogen and oxygen atoms in total. The lowest BCUT2D eigenvalue weighted by molar-refractivity contribution is 0.768. The number of rotatable bonds is 7. The molecular weight excluding hydrogens is 771 g/mol. The number of hydrogen-bond acceptors (Lipinski definition) is 4. The summed E-state index contributed by atoms with van der Waals surface area (Å²) in [6.07, 6.45) is 0. The van der Waals surface area contributed by atoms with Gasteiger partial charge in [0.25, 0.3) is 0 Å². The minimum absolute atomic E-state index is 0.488. The highest BCUT2D eigenvalue weighted by Crippen LogP contribution is 2.56. The fourth-order valence-electron chi connectivity index (χ4n) is 9.70. The highest BCUT2D eigenvalue weighted by molar-refractivity contribution is 7.25. The zero-order valence-corrected chi connectivity index (χ0v) is 34.4. The molecule has 4 heteroatoms. The van der Waals surface area contributed by atoms with Crippen LogP contribution < -0.4 is 0 Å². The summed E-state index contributed by atoms with van der Waals surface area (Å²) in [5.41, 5.74) is 14.3. The quantitative estimate of drug-likeness (QED) is 0.161. The second-order valence-electron chi connectivity index (χ2n) is 15.9. The minimum atomic E-state index is -0.488. The van der Waals surface area contributed by atoms with Gasteiger partial charge in [-0.25, -0.2) is 15.0 Å². The molecule has 290 valence electrons. The lowest BCUT2D eigenvalue weighted by atomic mass is 9.67. The highest BCUT2D eigenvalue weighted by atomic mass is 32.1. The molecule has 2 heterocycles. The number of thiophene rings is 1. The first-order valence-corrected chi connectivity index (χ1v) is 21.8. The summed E-state index contributed by atoms with van der Waals surface area (Å²) in [6.45, 7) is 0. The van der Waals surface area contributed by atoms with E-state index in [0.717, 1.165) is 33.4 Å². The van der Waals surface area contributed by atoms with Crippen LogP contribution in [0.1, 0.15) is 22.3 Å². The zero-order chi connectivity index (χ0) is 41.0. The monoisotopic (exact) mass is 807 g/mol. The van der Waals surface area contributed by atoms with Crippen molar-refractivity contribution in [2.45, 2.75) is 5.41 Å². The van der Waals surface area contributed by atoms with E-state index in [-0.39, 0.29) is 0 Å². The van der Waals surface area contributed by atoms with Crippen molar-refractivity contribution in [3.63, 3.8) is 0 Å². The number of aromatic nitrogens is 3. The van der Waals surface area contributed by atoms with Gasteiger partial charge in [0.1, 0.15) is 0 Å². The summed E-state index contributed by atoms with van der Waals surface area (Å²) < 4.78 is 2.59. The first-order chi connectivity index (χ1) is 30.7. The van der Waals surface area contributed by atoms with Gasteiger partial charge in [0.05, 0.1) is 5.41 Å². The summed E-state index contributed by atoms with van der Waals surface area (Å²) in [5.74, 6) is 1.89. The molecule has 0 bridgehead atoms. The fraction of sp³-hybridized carbons (Fsp3) is 0.0172. The van der Waals surface area contributed by atoms with Crippen molar-refractivity contribution in [3.05, 3.63) is 247 Å².